The maximum atomic E-state index is 11.4. The Hall–Kier alpha value is -1.55. The van der Waals surface area contributed by atoms with Crippen molar-refractivity contribution < 1.29 is 9.53 Å². The Balaban J connectivity index is 1.92. The molecule has 1 aromatic carbocycles. The predicted octanol–water partition coefficient (Wildman–Crippen LogP) is 2.49. The lowest BCUT2D eigenvalue weighted by Gasteiger charge is -2.18. The third-order valence-corrected chi connectivity index (χ3v) is 3.81. The van der Waals surface area contributed by atoms with Gasteiger partial charge in [-0.1, -0.05) is 26.0 Å². The highest BCUT2D eigenvalue weighted by Gasteiger charge is 2.27. The number of hydrogen-bond donors (Lipinski definition) is 2. The molecule has 1 aliphatic rings. The predicted molar refractivity (Wildman–Crippen MR) is 84.5 cm³/mol. The van der Waals surface area contributed by atoms with Crippen molar-refractivity contribution in [2.24, 2.45) is 5.73 Å². The first kappa shape index (κ1) is 15.8. The number of nitrogens with two attached hydrogens (primary N) is 1. The van der Waals surface area contributed by atoms with Crippen molar-refractivity contribution in [3.63, 3.8) is 0 Å². The van der Waals surface area contributed by atoms with Crippen LogP contribution in [0.5, 0.6) is 5.75 Å². The van der Waals surface area contributed by atoms with Crippen LogP contribution < -0.4 is 15.8 Å². The Bertz CT molecular complexity index is 496. The van der Waals surface area contributed by atoms with E-state index in [1.54, 1.807) is 0 Å². The largest absolute Gasteiger partial charge is 0.493 e. The molecule has 1 saturated carbocycles. The molecule has 1 amide bonds. The van der Waals surface area contributed by atoms with Gasteiger partial charge in [-0.05, 0) is 42.9 Å². The first-order valence-electron chi connectivity index (χ1n) is 7.76. The second-order valence-electron chi connectivity index (χ2n) is 6.23. The summed E-state index contributed by atoms with van der Waals surface area (Å²) in [6, 6.07) is 6.45. The number of carbonyl (C=O) groups excluding carboxylic acids is 1. The van der Waals surface area contributed by atoms with Crippen molar-refractivity contribution in [1.82, 2.24) is 5.32 Å². The van der Waals surface area contributed by atoms with Gasteiger partial charge in [0.15, 0.2) is 0 Å². The van der Waals surface area contributed by atoms with E-state index in [1.165, 1.54) is 11.1 Å². The van der Waals surface area contributed by atoms with E-state index >= 15 is 0 Å². The number of hydrogen-bond acceptors (Lipinski definition) is 3. The average Bonchev–Trinajstić information content (AvgIpc) is 3.21. The Morgan fingerprint density at radius 3 is 2.71 bits per heavy atom. The van der Waals surface area contributed by atoms with Crippen molar-refractivity contribution in [3.8, 4) is 5.75 Å². The molecule has 1 unspecified atom stereocenters. The van der Waals surface area contributed by atoms with Gasteiger partial charge in [-0.3, -0.25) is 4.79 Å². The average molecular weight is 290 g/mol. The Labute approximate surface area is 127 Å². The van der Waals surface area contributed by atoms with Gasteiger partial charge in [0.2, 0.25) is 5.91 Å². The van der Waals surface area contributed by atoms with E-state index in [-0.39, 0.29) is 11.9 Å². The van der Waals surface area contributed by atoms with E-state index in [0.29, 0.717) is 25.0 Å². The molecule has 1 aliphatic carbocycles. The second-order valence-corrected chi connectivity index (χ2v) is 6.23. The van der Waals surface area contributed by atoms with Gasteiger partial charge in [0, 0.05) is 12.5 Å². The summed E-state index contributed by atoms with van der Waals surface area (Å²) in [5.74, 6) is 1.04. The summed E-state index contributed by atoms with van der Waals surface area (Å²) in [5.41, 5.74) is 7.82. The smallest absolute Gasteiger partial charge is 0.234 e. The molecule has 0 spiro atoms. The van der Waals surface area contributed by atoms with Gasteiger partial charge in [0.25, 0.3) is 0 Å². The van der Waals surface area contributed by atoms with E-state index in [1.807, 2.05) is 0 Å². The molecule has 116 valence electrons. The third kappa shape index (κ3) is 4.74. The van der Waals surface area contributed by atoms with Gasteiger partial charge in [-0.15, -0.1) is 0 Å². The van der Waals surface area contributed by atoms with Crippen molar-refractivity contribution >= 4 is 5.91 Å². The minimum Gasteiger partial charge on any atom is -0.493 e. The fourth-order valence-electron chi connectivity index (χ4n) is 2.37. The Kier molecular flexibility index (Phi) is 5.23. The molecule has 0 aliphatic heterocycles. The highest BCUT2D eigenvalue weighted by atomic mass is 16.5. The minimum absolute atomic E-state index is 0.287. The van der Waals surface area contributed by atoms with Crippen LogP contribution in [0.15, 0.2) is 18.2 Å². The van der Waals surface area contributed by atoms with E-state index in [4.69, 9.17) is 10.5 Å². The summed E-state index contributed by atoms with van der Waals surface area (Å²) in [6.07, 6.45) is 2.89. The number of ether oxygens (including phenoxy) is 1. The number of carbonyl (C=O) groups is 1. The molecule has 2 rings (SSSR count). The van der Waals surface area contributed by atoms with Crippen LogP contribution in [-0.2, 0) is 4.79 Å². The second kappa shape index (κ2) is 6.94. The Morgan fingerprint density at radius 2 is 2.14 bits per heavy atom. The van der Waals surface area contributed by atoms with Crippen LogP contribution >= 0.6 is 0 Å². The molecule has 0 saturated heterocycles. The molecule has 1 aromatic rings. The first-order chi connectivity index (χ1) is 9.97. The lowest BCUT2D eigenvalue weighted by atomic mass is 10.0. The molecule has 1 atom stereocenters. The van der Waals surface area contributed by atoms with Gasteiger partial charge >= 0.3 is 0 Å². The standard InChI is InChI=1S/C17H26N2O2/c1-11(2)14-7-4-12(3)10-16(14)21-9-8-15(17(18)20)19-13-5-6-13/h4,7,10-11,13,15,19H,5-6,8-9H2,1-3H3,(H2,18,20). The topological polar surface area (TPSA) is 64.3 Å². The fourth-order valence-corrected chi connectivity index (χ4v) is 2.37. The van der Waals surface area contributed by atoms with Crippen LogP contribution in [0.2, 0.25) is 0 Å². The zero-order chi connectivity index (χ0) is 15.4. The molecule has 0 bridgehead atoms. The van der Waals surface area contributed by atoms with Gasteiger partial charge in [0.1, 0.15) is 5.75 Å². The summed E-state index contributed by atoms with van der Waals surface area (Å²) in [7, 11) is 0. The number of amides is 1. The number of rotatable bonds is 8. The Morgan fingerprint density at radius 1 is 1.43 bits per heavy atom. The quantitative estimate of drug-likeness (QED) is 0.773. The van der Waals surface area contributed by atoms with Gasteiger partial charge in [-0.2, -0.15) is 0 Å². The van der Waals surface area contributed by atoms with E-state index < -0.39 is 0 Å². The lowest BCUT2D eigenvalue weighted by molar-refractivity contribution is -0.120. The van der Waals surface area contributed by atoms with E-state index in [9.17, 15) is 4.79 Å². The van der Waals surface area contributed by atoms with Crippen molar-refractivity contribution in [2.75, 3.05) is 6.61 Å². The summed E-state index contributed by atoms with van der Waals surface area (Å²) in [4.78, 5) is 11.4. The van der Waals surface area contributed by atoms with E-state index in [0.717, 1.165) is 18.6 Å². The first-order valence-corrected chi connectivity index (χ1v) is 7.76. The van der Waals surface area contributed by atoms with Crippen molar-refractivity contribution in [3.05, 3.63) is 29.3 Å². The van der Waals surface area contributed by atoms with Crippen LogP contribution in [0.4, 0.5) is 0 Å². The lowest BCUT2D eigenvalue weighted by Crippen LogP contribution is -2.43. The maximum absolute atomic E-state index is 11.4. The third-order valence-electron chi connectivity index (χ3n) is 3.81. The van der Waals surface area contributed by atoms with Crippen LogP contribution in [0, 0.1) is 6.92 Å². The number of nitrogens with one attached hydrogen (secondary N) is 1. The minimum atomic E-state index is -0.293. The van der Waals surface area contributed by atoms with Crippen molar-refractivity contribution in [1.29, 1.82) is 0 Å². The normalized spacial score (nSPS) is 16.0. The highest BCUT2D eigenvalue weighted by Crippen LogP contribution is 2.27. The summed E-state index contributed by atoms with van der Waals surface area (Å²) >= 11 is 0. The SMILES string of the molecule is Cc1ccc(C(C)C)c(OCCC(NC2CC2)C(N)=O)c1. The van der Waals surface area contributed by atoms with Gasteiger partial charge in [-0.25, -0.2) is 0 Å². The van der Waals surface area contributed by atoms with Crippen LogP contribution in [0.25, 0.3) is 0 Å². The molecular formula is C17H26N2O2. The molecular weight excluding hydrogens is 264 g/mol. The van der Waals surface area contributed by atoms with Crippen LogP contribution in [-0.4, -0.2) is 24.6 Å². The number of primary amides is 1. The molecule has 21 heavy (non-hydrogen) atoms. The zero-order valence-electron chi connectivity index (χ0n) is 13.2. The molecule has 0 aromatic heterocycles. The molecule has 0 radical (unpaired) electrons. The summed E-state index contributed by atoms with van der Waals surface area (Å²) in [6.45, 7) is 6.85. The molecule has 4 nitrogen and oxygen atoms in total. The fraction of sp³-hybridized carbons (Fsp3) is 0.588. The van der Waals surface area contributed by atoms with Crippen LogP contribution in [0.3, 0.4) is 0 Å². The number of benzene rings is 1. The highest BCUT2D eigenvalue weighted by molar-refractivity contribution is 5.79. The van der Waals surface area contributed by atoms with Gasteiger partial charge in [0.05, 0.1) is 12.6 Å². The molecule has 1 fully saturated rings. The van der Waals surface area contributed by atoms with Crippen molar-refractivity contribution in [2.45, 2.75) is 58.0 Å². The summed E-state index contributed by atoms with van der Waals surface area (Å²) < 4.78 is 5.91. The molecule has 0 heterocycles. The van der Waals surface area contributed by atoms with E-state index in [2.05, 4.69) is 44.3 Å². The molecule has 3 N–H and O–H groups in total. The van der Waals surface area contributed by atoms with Gasteiger partial charge < -0.3 is 15.8 Å². The molecule has 4 heteroatoms. The van der Waals surface area contributed by atoms with Crippen LogP contribution in [0.1, 0.15) is 50.2 Å². The summed E-state index contributed by atoms with van der Waals surface area (Å²) in [5, 5.41) is 3.27. The zero-order valence-corrected chi connectivity index (χ0v) is 13.2. The number of aryl methyl sites for hydroxylation is 1. The maximum Gasteiger partial charge on any atom is 0.234 e. The monoisotopic (exact) mass is 290 g/mol.